The third-order valence-corrected chi connectivity index (χ3v) is 2.93. The minimum atomic E-state index is -0.492. The maximum absolute atomic E-state index is 11.5. The molecular weight excluding hydrogens is 256 g/mol. The van der Waals surface area contributed by atoms with E-state index in [-0.39, 0.29) is 5.69 Å². The zero-order valence-corrected chi connectivity index (χ0v) is 10.8. The molecule has 0 saturated heterocycles. The fourth-order valence-corrected chi connectivity index (χ4v) is 2.02. The third-order valence-electron chi connectivity index (χ3n) is 2.93. The molecule has 0 saturated carbocycles. The quantitative estimate of drug-likeness (QED) is 0.565. The molecule has 20 heavy (non-hydrogen) atoms. The van der Waals surface area contributed by atoms with Gasteiger partial charge >= 0.3 is 5.97 Å². The van der Waals surface area contributed by atoms with Gasteiger partial charge < -0.3 is 10.5 Å². The van der Waals surface area contributed by atoms with Crippen LogP contribution in [0.15, 0.2) is 42.6 Å². The predicted molar refractivity (Wildman–Crippen MR) is 74.2 cm³/mol. The molecule has 1 aromatic carbocycles. The van der Waals surface area contributed by atoms with Crippen molar-refractivity contribution >= 4 is 17.3 Å². The molecule has 0 bridgehead atoms. The molecule has 0 atom stereocenters. The second-order valence-electron chi connectivity index (χ2n) is 4.25. The van der Waals surface area contributed by atoms with Gasteiger partial charge in [-0.25, -0.2) is 14.3 Å². The lowest BCUT2D eigenvalue weighted by Crippen LogP contribution is -2.03. The van der Waals surface area contributed by atoms with Gasteiger partial charge in [-0.1, -0.05) is 12.1 Å². The number of anilines is 1. The normalized spacial score (nSPS) is 10.7. The first-order valence-electron chi connectivity index (χ1n) is 5.98. The molecule has 6 heteroatoms. The van der Waals surface area contributed by atoms with E-state index in [2.05, 4.69) is 14.8 Å². The smallest absolute Gasteiger partial charge is 0.358 e. The minimum absolute atomic E-state index is 0.219. The van der Waals surface area contributed by atoms with Crippen molar-refractivity contribution in [3.05, 3.63) is 48.3 Å². The summed E-state index contributed by atoms with van der Waals surface area (Å²) < 4.78 is 6.27. The average molecular weight is 268 g/mol. The van der Waals surface area contributed by atoms with E-state index in [9.17, 15) is 4.79 Å². The molecule has 0 spiro atoms. The Bertz CT molecular complexity index is 795. The Kier molecular flexibility index (Phi) is 2.83. The summed E-state index contributed by atoms with van der Waals surface area (Å²) in [4.78, 5) is 15.7. The lowest BCUT2D eigenvalue weighted by Gasteiger charge is -2.05. The molecule has 2 N–H and O–H groups in total. The lowest BCUT2D eigenvalue weighted by molar-refractivity contribution is 0.0593. The van der Waals surface area contributed by atoms with Gasteiger partial charge in [0.05, 0.1) is 12.8 Å². The van der Waals surface area contributed by atoms with Crippen LogP contribution in [0.1, 0.15) is 10.5 Å². The highest BCUT2D eigenvalue weighted by Crippen LogP contribution is 2.22. The van der Waals surface area contributed by atoms with E-state index in [1.54, 1.807) is 16.8 Å². The Hall–Kier alpha value is -2.89. The van der Waals surface area contributed by atoms with Crippen molar-refractivity contribution in [1.29, 1.82) is 0 Å². The van der Waals surface area contributed by atoms with Crippen molar-refractivity contribution in [3.63, 3.8) is 0 Å². The zero-order valence-electron chi connectivity index (χ0n) is 10.8. The van der Waals surface area contributed by atoms with Crippen LogP contribution < -0.4 is 5.73 Å². The molecule has 0 aliphatic heterocycles. The van der Waals surface area contributed by atoms with E-state index in [1.807, 2.05) is 30.3 Å². The number of rotatable bonds is 2. The molecule has 2 heterocycles. The first kappa shape index (κ1) is 12.2. The van der Waals surface area contributed by atoms with Gasteiger partial charge in [0, 0.05) is 23.5 Å². The van der Waals surface area contributed by atoms with E-state index in [0.29, 0.717) is 11.3 Å². The number of nitrogens with zero attached hydrogens (tertiary/aromatic N) is 3. The summed E-state index contributed by atoms with van der Waals surface area (Å²) in [7, 11) is 1.32. The minimum Gasteiger partial charge on any atom is -0.464 e. The van der Waals surface area contributed by atoms with Crippen molar-refractivity contribution in [3.8, 4) is 11.3 Å². The van der Waals surface area contributed by atoms with Crippen LogP contribution in [0.3, 0.4) is 0 Å². The summed E-state index contributed by atoms with van der Waals surface area (Å²) >= 11 is 0. The highest BCUT2D eigenvalue weighted by molar-refractivity contribution is 5.88. The first-order valence-corrected chi connectivity index (χ1v) is 5.98. The summed E-state index contributed by atoms with van der Waals surface area (Å²) in [5, 5.41) is 4.23. The van der Waals surface area contributed by atoms with Crippen LogP contribution in [0, 0.1) is 0 Å². The fourth-order valence-electron chi connectivity index (χ4n) is 2.02. The Morgan fingerprint density at radius 1 is 1.30 bits per heavy atom. The molecule has 0 radical (unpaired) electrons. The second-order valence-corrected chi connectivity index (χ2v) is 4.25. The summed E-state index contributed by atoms with van der Waals surface area (Å²) in [6.45, 7) is 0. The van der Waals surface area contributed by atoms with Crippen LogP contribution in [0.5, 0.6) is 0 Å². The number of hydrogen-bond donors (Lipinski definition) is 1. The predicted octanol–water partition coefficient (Wildman–Crippen LogP) is 1.77. The van der Waals surface area contributed by atoms with E-state index >= 15 is 0 Å². The van der Waals surface area contributed by atoms with Crippen molar-refractivity contribution < 1.29 is 9.53 Å². The molecule has 3 aromatic rings. The number of esters is 1. The maximum Gasteiger partial charge on any atom is 0.358 e. The number of aromatic nitrogens is 3. The molecule has 100 valence electrons. The number of carbonyl (C=O) groups excluding carboxylic acids is 1. The number of nitrogen functional groups attached to an aromatic ring is 1. The highest BCUT2D eigenvalue weighted by atomic mass is 16.5. The Balaban J connectivity index is 2.21. The fraction of sp³-hybridized carbons (Fsp3) is 0.0714. The van der Waals surface area contributed by atoms with E-state index in [0.717, 1.165) is 11.3 Å². The van der Waals surface area contributed by atoms with Crippen LogP contribution in [0.25, 0.3) is 16.9 Å². The topological polar surface area (TPSA) is 82.5 Å². The number of nitrogens with two attached hydrogens (primary N) is 1. The molecule has 3 rings (SSSR count). The van der Waals surface area contributed by atoms with Crippen LogP contribution >= 0.6 is 0 Å². The third kappa shape index (κ3) is 1.97. The van der Waals surface area contributed by atoms with Gasteiger partial charge in [0.1, 0.15) is 0 Å². The lowest BCUT2D eigenvalue weighted by atomic mass is 10.1. The molecule has 2 aromatic heterocycles. The zero-order chi connectivity index (χ0) is 14.1. The molecule has 0 fully saturated rings. The van der Waals surface area contributed by atoms with Gasteiger partial charge in [-0.15, -0.1) is 0 Å². The number of hydrogen-bond acceptors (Lipinski definition) is 5. The maximum atomic E-state index is 11.5. The van der Waals surface area contributed by atoms with Crippen molar-refractivity contribution in [1.82, 2.24) is 14.6 Å². The van der Waals surface area contributed by atoms with Crippen LogP contribution in [0.2, 0.25) is 0 Å². The largest absolute Gasteiger partial charge is 0.464 e. The summed E-state index contributed by atoms with van der Waals surface area (Å²) in [5.74, 6) is -0.492. The van der Waals surface area contributed by atoms with Crippen LogP contribution in [-0.4, -0.2) is 27.7 Å². The number of ether oxygens (including phenoxy) is 1. The monoisotopic (exact) mass is 268 g/mol. The Morgan fingerprint density at radius 3 is 2.90 bits per heavy atom. The molecule has 0 amide bonds. The van der Waals surface area contributed by atoms with Gasteiger partial charge in [0.15, 0.2) is 11.3 Å². The van der Waals surface area contributed by atoms with E-state index in [4.69, 9.17) is 5.73 Å². The summed E-state index contributed by atoms with van der Waals surface area (Å²) in [5.41, 5.74) is 8.95. The Labute approximate surface area is 114 Å². The van der Waals surface area contributed by atoms with Gasteiger partial charge in [-0.3, -0.25) is 0 Å². The van der Waals surface area contributed by atoms with Gasteiger partial charge in [-0.2, -0.15) is 5.10 Å². The molecular formula is C14H12N4O2. The number of carbonyl (C=O) groups is 1. The van der Waals surface area contributed by atoms with Gasteiger partial charge in [0.2, 0.25) is 0 Å². The standard InChI is InChI=1S/C14H12N4O2/c1-20-14(19)11-8-13-16-6-5-12(18(13)17-11)9-3-2-4-10(15)7-9/h2-8H,15H2,1H3. The SMILES string of the molecule is COC(=O)c1cc2nccc(-c3cccc(N)c3)n2n1. The molecule has 6 nitrogen and oxygen atoms in total. The van der Waals surface area contributed by atoms with Crippen molar-refractivity contribution in [2.24, 2.45) is 0 Å². The molecule has 0 aliphatic carbocycles. The average Bonchev–Trinajstić information content (AvgIpc) is 2.90. The van der Waals surface area contributed by atoms with Gasteiger partial charge in [-0.05, 0) is 18.2 Å². The second kappa shape index (κ2) is 4.65. The number of fused-ring (bicyclic) bond motifs is 1. The number of benzene rings is 1. The van der Waals surface area contributed by atoms with E-state index < -0.39 is 5.97 Å². The molecule has 0 aliphatic rings. The van der Waals surface area contributed by atoms with Gasteiger partial charge in [0.25, 0.3) is 0 Å². The number of methoxy groups -OCH3 is 1. The van der Waals surface area contributed by atoms with Crippen LogP contribution in [0.4, 0.5) is 5.69 Å². The first-order chi connectivity index (χ1) is 9.69. The van der Waals surface area contributed by atoms with Crippen molar-refractivity contribution in [2.45, 2.75) is 0 Å². The highest BCUT2D eigenvalue weighted by Gasteiger charge is 2.14. The van der Waals surface area contributed by atoms with Crippen molar-refractivity contribution in [2.75, 3.05) is 12.8 Å². The Morgan fingerprint density at radius 2 is 2.15 bits per heavy atom. The summed E-state index contributed by atoms with van der Waals surface area (Å²) in [6.07, 6.45) is 1.66. The van der Waals surface area contributed by atoms with E-state index in [1.165, 1.54) is 7.11 Å². The molecule has 0 unspecified atom stereocenters. The van der Waals surface area contributed by atoms with Crippen LogP contribution in [-0.2, 0) is 4.74 Å². The summed E-state index contributed by atoms with van der Waals surface area (Å²) in [6, 6.07) is 10.8.